The van der Waals surface area contributed by atoms with Gasteiger partial charge >= 0.3 is 0 Å². The molecule has 1 aromatic heterocycles. The Balaban J connectivity index is 1.24. The average molecular weight is 637 g/mol. The van der Waals surface area contributed by atoms with Crippen LogP contribution in [0.25, 0.3) is 88.8 Å². The first-order valence-electron chi connectivity index (χ1n) is 17.0. The Morgan fingerprint density at radius 1 is 0.240 bits per heavy atom. The fraction of sp³-hybridized carbons (Fsp3) is 0. The smallest absolute Gasteiger partial charge is 0.160 e. The van der Waals surface area contributed by atoms with E-state index < -0.39 is 0 Å². The molecular weight excluding hydrogens is 605 g/mol. The van der Waals surface area contributed by atoms with E-state index in [2.05, 4.69) is 182 Å². The van der Waals surface area contributed by atoms with E-state index in [4.69, 9.17) is 9.97 Å². The number of hydrogen-bond donors (Lipinski definition) is 0. The number of benzene rings is 8. The number of aromatic nitrogens is 2. The molecule has 0 atom stereocenters. The number of nitrogens with zero attached hydrogens (tertiary/aromatic N) is 2. The van der Waals surface area contributed by atoms with Crippen LogP contribution >= 0.6 is 0 Å². The zero-order valence-corrected chi connectivity index (χ0v) is 27.4. The highest BCUT2D eigenvalue weighted by Crippen LogP contribution is 2.44. The highest BCUT2D eigenvalue weighted by atomic mass is 14.9. The van der Waals surface area contributed by atoms with Crippen LogP contribution in [0.15, 0.2) is 194 Å². The molecular formula is C48H32N2. The zero-order valence-electron chi connectivity index (χ0n) is 27.4. The molecule has 0 spiro atoms. The molecule has 0 aliphatic heterocycles. The summed E-state index contributed by atoms with van der Waals surface area (Å²) in [5.74, 6) is 0.697. The SMILES string of the molecule is c1ccc(-c2cccc(-c3cc(-c4ccccc4)nc(-c4cccc(-c5c6ccccc6c(-c6ccccc6)c6ccccc56)c4)n3)c2)cc1. The third kappa shape index (κ3) is 5.43. The number of rotatable bonds is 6. The van der Waals surface area contributed by atoms with Crippen LogP contribution in [0.3, 0.4) is 0 Å². The lowest BCUT2D eigenvalue weighted by Gasteiger charge is -2.18. The predicted molar refractivity (Wildman–Crippen MR) is 210 cm³/mol. The predicted octanol–water partition coefficient (Wildman–Crippen LogP) is 12.8. The lowest BCUT2D eigenvalue weighted by Crippen LogP contribution is -1.96. The van der Waals surface area contributed by atoms with Crippen molar-refractivity contribution in [2.24, 2.45) is 0 Å². The summed E-state index contributed by atoms with van der Waals surface area (Å²) in [7, 11) is 0. The molecule has 0 amide bonds. The quantitative estimate of drug-likeness (QED) is 0.170. The van der Waals surface area contributed by atoms with Crippen LogP contribution in [0.1, 0.15) is 0 Å². The molecule has 8 aromatic carbocycles. The van der Waals surface area contributed by atoms with Crippen molar-refractivity contribution in [2.75, 3.05) is 0 Å². The molecule has 0 saturated heterocycles. The molecule has 2 heteroatoms. The highest BCUT2D eigenvalue weighted by Gasteiger charge is 2.18. The van der Waals surface area contributed by atoms with Crippen molar-refractivity contribution in [1.82, 2.24) is 9.97 Å². The first-order valence-corrected chi connectivity index (χ1v) is 17.0. The highest BCUT2D eigenvalue weighted by molar-refractivity contribution is 6.21. The number of hydrogen-bond acceptors (Lipinski definition) is 2. The summed E-state index contributed by atoms with van der Waals surface area (Å²) in [6.07, 6.45) is 0. The molecule has 9 aromatic rings. The van der Waals surface area contributed by atoms with E-state index in [1.54, 1.807) is 0 Å². The molecule has 0 aliphatic carbocycles. The lowest BCUT2D eigenvalue weighted by molar-refractivity contribution is 1.18. The summed E-state index contributed by atoms with van der Waals surface area (Å²) in [6, 6.07) is 68.6. The summed E-state index contributed by atoms with van der Waals surface area (Å²) in [4.78, 5) is 10.4. The molecule has 0 radical (unpaired) electrons. The second-order valence-corrected chi connectivity index (χ2v) is 12.6. The van der Waals surface area contributed by atoms with Crippen LogP contribution in [0.5, 0.6) is 0 Å². The van der Waals surface area contributed by atoms with Gasteiger partial charge in [-0.1, -0.05) is 176 Å². The van der Waals surface area contributed by atoms with Gasteiger partial charge in [-0.3, -0.25) is 0 Å². The van der Waals surface area contributed by atoms with Gasteiger partial charge in [0.2, 0.25) is 0 Å². The topological polar surface area (TPSA) is 25.8 Å². The molecule has 0 unspecified atom stereocenters. The van der Waals surface area contributed by atoms with Gasteiger partial charge in [-0.25, -0.2) is 9.97 Å². The molecule has 0 fully saturated rings. The summed E-state index contributed by atoms with van der Waals surface area (Å²) in [6.45, 7) is 0. The summed E-state index contributed by atoms with van der Waals surface area (Å²) < 4.78 is 0. The van der Waals surface area contributed by atoms with E-state index in [0.717, 1.165) is 39.2 Å². The van der Waals surface area contributed by atoms with Crippen LogP contribution in [-0.4, -0.2) is 9.97 Å². The molecule has 1 heterocycles. The largest absolute Gasteiger partial charge is 0.228 e. The minimum atomic E-state index is 0.697. The fourth-order valence-corrected chi connectivity index (χ4v) is 7.14. The minimum Gasteiger partial charge on any atom is -0.228 e. The van der Waals surface area contributed by atoms with Crippen molar-refractivity contribution in [3.05, 3.63) is 194 Å². The second-order valence-electron chi connectivity index (χ2n) is 12.6. The van der Waals surface area contributed by atoms with Crippen LogP contribution in [0.2, 0.25) is 0 Å². The van der Waals surface area contributed by atoms with Crippen molar-refractivity contribution in [3.8, 4) is 67.3 Å². The summed E-state index contributed by atoms with van der Waals surface area (Å²) in [5.41, 5.74) is 12.0. The van der Waals surface area contributed by atoms with E-state index in [0.29, 0.717) is 5.82 Å². The monoisotopic (exact) mass is 636 g/mol. The zero-order chi connectivity index (χ0) is 33.3. The van der Waals surface area contributed by atoms with Crippen LogP contribution in [0.4, 0.5) is 0 Å². The van der Waals surface area contributed by atoms with Gasteiger partial charge in [0.25, 0.3) is 0 Å². The third-order valence-electron chi connectivity index (χ3n) is 9.46. The Bertz CT molecular complexity index is 2570. The lowest BCUT2D eigenvalue weighted by atomic mass is 9.85. The van der Waals surface area contributed by atoms with Gasteiger partial charge in [0, 0.05) is 16.7 Å². The van der Waals surface area contributed by atoms with Crippen LogP contribution in [0, 0.1) is 0 Å². The van der Waals surface area contributed by atoms with Crippen molar-refractivity contribution < 1.29 is 0 Å². The van der Waals surface area contributed by atoms with Gasteiger partial charge in [0.1, 0.15) is 0 Å². The van der Waals surface area contributed by atoms with Crippen molar-refractivity contribution >= 4 is 21.5 Å². The standard InChI is InChI=1S/C48H32N2/c1-4-16-33(17-5-1)36-22-14-23-37(30-36)45-32-44(34-18-6-2-7-19-34)49-48(50-45)39-25-15-24-38(31-39)47-42-28-12-10-26-40(42)46(35-20-8-3-9-21-35)41-27-11-13-29-43(41)47/h1-32H. The maximum absolute atomic E-state index is 5.24. The minimum absolute atomic E-state index is 0.697. The first kappa shape index (κ1) is 29.5. The summed E-state index contributed by atoms with van der Waals surface area (Å²) in [5, 5.41) is 4.92. The summed E-state index contributed by atoms with van der Waals surface area (Å²) >= 11 is 0. The van der Waals surface area contributed by atoms with Gasteiger partial charge in [0.15, 0.2) is 5.82 Å². The second kappa shape index (κ2) is 12.8. The molecule has 0 saturated carbocycles. The fourth-order valence-electron chi connectivity index (χ4n) is 7.14. The van der Waals surface area contributed by atoms with Gasteiger partial charge in [-0.05, 0) is 73.1 Å². The maximum Gasteiger partial charge on any atom is 0.160 e. The molecule has 0 bridgehead atoms. The Morgan fingerprint density at radius 3 is 1.20 bits per heavy atom. The van der Waals surface area contributed by atoms with Crippen molar-refractivity contribution in [3.63, 3.8) is 0 Å². The molecule has 0 aliphatic rings. The van der Waals surface area contributed by atoms with Crippen LogP contribution in [-0.2, 0) is 0 Å². The Kier molecular flexibility index (Phi) is 7.53. The van der Waals surface area contributed by atoms with E-state index in [1.807, 2.05) is 12.1 Å². The van der Waals surface area contributed by atoms with Gasteiger partial charge in [0.05, 0.1) is 11.4 Å². The van der Waals surface area contributed by atoms with E-state index in [9.17, 15) is 0 Å². The molecule has 2 nitrogen and oxygen atoms in total. The molecule has 234 valence electrons. The Labute approximate surface area is 292 Å². The van der Waals surface area contributed by atoms with E-state index >= 15 is 0 Å². The average Bonchev–Trinajstić information content (AvgIpc) is 3.21. The number of fused-ring (bicyclic) bond motifs is 2. The molecule has 0 N–H and O–H groups in total. The van der Waals surface area contributed by atoms with Crippen molar-refractivity contribution in [2.45, 2.75) is 0 Å². The first-order chi connectivity index (χ1) is 24.8. The Morgan fingerprint density at radius 2 is 0.620 bits per heavy atom. The van der Waals surface area contributed by atoms with Crippen LogP contribution < -0.4 is 0 Å². The van der Waals surface area contributed by atoms with Gasteiger partial charge in [-0.15, -0.1) is 0 Å². The molecule has 9 rings (SSSR count). The molecule has 50 heavy (non-hydrogen) atoms. The normalized spacial score (nSPS) is 11.2. The third-order valence-corrected chi connectivity index (χ3v) is 9.46. The van der Waals surface area contributed by atoms with E-state index in [-0.39, 0.29) is 0 Å². The van der Waals surface area contributed by atoms with Crippen molar-refractivity contribution in [1.29, 1.82) is 0 Å². The van der Waals surface area contributed by atoms with Gasteiger partial charge in [-0.2, -0.15) is 0 Å². The van der Waals surface area contributed by atoms with E-state index in [1.165, 1.54) is 43.8 Å². The maximum atomic E-state index is 5.24. The van der Waals surface area contributed by atoms with Gasteiger partial charge < -0.3 is 0 Å². The Hall–Kier alpha value is -6.64.